The number of carbonyl (C=O) groups is 1. The molecule has 0 bridgehead atoms. The van der Waals surface area contributed by atoms with Crippen molar-refractivity contribution in [1.82, 2.24) is 30.3 Å². The van der Waals surface area contributed by atoms with Gasteiger partial charge >= 0.3 is 6.03 Å². The van der Waals surface area contributed by atoms with Crippen LogP contribution in [0.3, 0.4) is 0 Å². The first-order chi connectivity index (χ1) is 16.8. The normalized spacial score (nSPS) is 23.1. The summed E-state index contributed by atoms with van der Waals surface area (Å²) in [6.07, 6.45) is 6.53. The molecular weight excluding hydrogens is 455 g/mol. The summed E-state index contributed by atoms with van der Waals surface area (Å²) in [7, 11) is 1.76. The van der Waals surface area contributed by atoms with E-state index in [0.29, 0.717) is 34.4 Å². The molecule has 0 saturated carbocycles. The zero-order valence-corrected chi connectivity index (χ0v) is 18.9. The maximum atomic E-state index is 14.0. The first-order valence-corrected chi connectivity index (χ1v) is 10.8. The molecule has 3 atom stereocenters. The Bertz CT molecular complexity index is 1500. The van der Waals surface area contributed by atoms with Crippen LogP contribution >= 0.6 is 0 Å². The van der Waals surface area contributed by atoms with Crippen molar-refractivity contribution >= 4 is 22.5 Å². The van der Waals surface area contributed by atoms with Crippen LogP contribution in [0.4, 0.5) is 14.9 Å². The van der Waals surface area contributed by atoms with Crippen LogP contribution in [0.5, 0.6) is 0 Å². The minimum Gasteiger partial charge on any atom is -0.348 e. The highest BCUT2D eigenvalue weighted by Gasteiger charge is 2.49. The summed E-state index contributed by atoms with van der Waals surface area (Å²) < 4.78 is 15.6. The highest BCUT2D eigenvalue weighted by atomic mass is 19.1. The zero-order chi connectivity index (χ0) is 24.7. The Morgan fingerprint density at radius 2 is 2.29 bits per heavy atom. The number of aromatic amines is 1. The Hall–Kier alpha value is -4.51. The van der Waals surface area contributed by atoms with E-state index in [2.05, 4.69) is 35.6 Å². The van der Waals surface area contributed by atoms with E-state index in [1.165, 1.54) is 18.5 Å². The van der Waals surface area contributed by atoms with Crippen LogP contribution in [0, 0.1) is 5.41 Å². The van der Waals surface area contributed by atoms with E-state index in [4.69, 9.17) is 5.53 Å². The van der Waals surface area contributed by atoms with E-state index in [-0.39, 0.29) is 18.1 Å². The van der Waals surface area contributed by atoms with Crippen molar-refractivity contribution in [2.24, 2.45) is 17.6 Å². The summed E-state index contributed by atoms with van der Waals surface area (Å²) in [5.74, 6) is -0.264. The molecule has 35 heavy (non-hydrogen) atoms. The maximum Gasteiger partial charge on any atom is 0.309 e. The quantitative estimate of drug-likeness (QED) is 0.334. The molecule has 2 aliphatic rings. The highest BCUT2D eigenvalue weighted by Crippen LogP contribution is 2.50. The van der Waals surface area contributed by atoms with Gasteiger partial charge in [0.25, 0.3) is 5.56 Å². The number of anilines is 1. The van der Waals surface area contributed by atoms with Crippen LogP contribution in [-0.4, -0.2) is 43.7 Å². The standard InChI is InChI=1S/C22H21FN10O2/c1-22(8-6-12(23)7-9-22)18-16(19-25-10-27-32(19)2)17-15-13(20(34)29-28-17)4-3-5-14(15)33(18)11-26-21(35)30-31-24/h3-8,10,16,18H,9,11H2,1-2H3,(H,26,35)(H,29,34)/t16-,18-,22?/m0/s1. The van der Waals surface area contributed by atoms with E-state index in [9.17, 15) is 14.0 Å². The van der Waals surface area contributed by atoms with Gasteiger partial charge in [-0.2, -0.15) is 10.2 Å². The number of H-pyrrole nitrogens is 1. The molecule has 13 heteroatoms. The monoisotopic (exact) mass is 476 g/mol. The first-order valence-electron chi connectivity index (χ1n) is 10.8. The van der Waals surface area contributed by atoms with Gasteiger partial charge in [-0.15, -0.1) is 0 Å². The topological polar surface area (TPSA) is 158 Å². The molecule has 12 nitrogen and oxygen atoms in total. The molecule has 1 aromatic carbocycles. The highest BCUT2D eigenvalue weighted by molar-refractivity contribution is 5.98. The average molecular weight is 476 g/mol. The summed E-state index contributed by atoms with van der Waals surface area (Å²) in [5.41, 5.74) is 8.90. The van der Waals surface area contributed by atoms with Gasteiger partial charge in [0.2, 0.25) is 0 Å². The molecule has 1 aliphatic carbocycles. The molecule has 1 unspecified atom stereocenters. The fraction of sp³-hybridized carbons (Fsp3) is 0.318. The summed E-state index contributed by atoms with van der Waals surface area (Å²) >= 11 is 0. The molecule has 0 radical (unpaired) electrons. The van der Waals surface area contributed by atoms with Crippen LogP contribution in [0.15, 0.2) is 58.5 Å². The van der Waals surface area contributed by atoms with Crippen LogP contribution in [0.25, 0.3) is 21.2 Å². The molecule has 2 aromatic heterocycles. The second-order valence-electron chi connectivity index (χ2n) is 8.73. The third-order valence-corrected chi connectivity index (χ3v) is 6.67. The van der Waals surface area contributed by atoms with Gasteiger partial charge in [0.15, 0.2) is 0 Å². The molecule has 2 amide bonds. The Labute approximate surface area is 197 Å². The van der Waals surface area contributed by atoms with E-state index >= 15 is 0 Å². The lowest BCUT2D eigenvalue weighted by molar-refractivity contribution is 0.243. The fourth-order valence-electron chi connectivity index (χ4n) is 5.11. The van der Waals surface area contributed by atoms with Crippen molar-refractivity contribution in [2.45, 2.75) is 25.3 Å². The van der Waals surface area contributed by atoms with E-state index in [1.807, 2.05) is 17.9 Å². The van der Waals surface area contributed by atoms with E-state index in [1.54, 1.807) is 29.9 Å². The van der Waals surface area contributed by atoms with Crippen molar-refractivity contribution < 1.29 is 9.18 Å². The number of amides is 2. The lowest BCUT2D eigenvalue weighted by atomic mass is 9.68. The fourth-order valence-corrected chi connectivity index (χ4v) is 5.11. The van der Waals surface area contributed by atoms with E-state index < -0.39 is 23.4 Å². The lowest BCUT2D eigenvalue weighted by Gasteiger charge is -2.50. The Morgan fingerprint density at radius 3 is 2.97 bits per heavy atom. The molecule has 0 spiro atoms. The van der Waals surface area contributed by atoms with Crippen LogP contribution in [-0.2, 0) is 7.05 Å². The van der Waals surface area contributed by atoms with Gasteiger partial charge in [0.05, 0.1) is 29.7 Å². The van der Waals surface area contributed by atoms with Crippen molar-refractivity contribution in [3.05, 3.63) is 80.9 Å². The number of halogens is 1. The third-order valence-electron chi connectivity index (χ3n) is 6.67. The largest absolute Gasteiger partial charge is 0.348 e. The number of nitrogens with zero attached hydrogens (tertiary/aromatic N) is 8. The Balaban J connectivity index is 1.79. The average Bonchev–Trinajstić information content (AvgIpc) is 3.27. The Kier molecular flexibility index (Phi) is 5.33. The summed E-state index contributed by atoms with van der Waals surface area (Å²) in [6.45, 7) is 1.94. The van der Waals surface area contributed by atoms with E-state index in [0.717, 1.165) is 0 Å². The number of aryl methyl sites for hydroxylation is 1. The van der Waals surface area contributed by atoms with Gasteiger partial charge in [-0.25, -0.2) is 14.5 Å². The van der Waals surface area contributed by atoms with Crippen molar-refractivity contribution in [3.63, 3.8) is 0 Å². The molecular formula is C22H21FN10O2. The lowest BCUT2D eigenvalue weighted by Crippen LogP contribution is -2.56. The second-order valence-corrected chi connectivity index (χ2v) is 8.73. The summed E-state index contributed by atoms with van der Waals surface area (Å²) in [5, 5.41) is 18.1. The van der Waals surface area contributed by atoms with Gasteiger partial charge < -0.3 is 10.2 Å². The van der Waals surface area contributed by atoms with Gasteiger partial charge in [0, 0.05) is 33.6 Å². The Morgan fingerprint density at radius 1 is 1.46 bits per heavy atom. The molecule has 2 N–H and O–H groups in total. The number of nitrogens with one attached hydrogen (secondary N) is 2. The SMILES string of the molecule is Cn1ncnc1[C@H]1c2n[nH]c(=O)c3cccc(c23)N(CNC(=O)N=[N+]=[N-])[C@@H]1C1(C)C=CC(F)=CC1. The number of azide groups is 1. The molecule has 0 fully saturated rings. The van der Waals surface area contributed by atoms with Crippen LogP contribution in [0.1, 0.15) is 30.8 Å². The molecule has 0 saturated heterocycles. The van der Waals surface area contributed by atoms with Gasteiger partial charge in [-0.1, -0.05) is 19.1 Å². The minimum absolute atomic E-state index is 0.0438. The number of hydrogen-bond acceptors (Lipinski definition) is 6. The molecule has 178 valence electrons. The smallest absolute Gasteiger partial charge is 0.309 e. The number of hydrogen-bond donors (Lipinski definition) is 2. The number of rotatable bonds is 4. The number of urea groups is 1. The van der Waals surface area contributed by atoms with Crippen LogP contribution in [0.2, 0.25) is 0 Å². The molecule has 1 aliphatic heterocycles. The zero-order valence-electron chi connectivity index (χ0n) is 18.9. The first kappa shape index (κ1) is 22.3. The molecule has 5 rings (SSSR count). The van der Waals surface area contributed by atoms with Gasteiger partial charge in [0.1, 0.15) is 18.0 Å². The predicted molar refractivity (Wildman–Crippen MR) is 125 cm³/mol. The number of benzene rings is 1. The maximum absolute atomic E-state index is 14.0. The van der Waals surface area contributed by atoms with Crippen molar-refractivity contribution in [3.8, 4) is 0 Å². The van der Waals surface area contributed by atoms with Crippen LogP contribution < -0.4 is 15.8 Å². The minimum atomic E-state index is -0.848. The number of allylic oxidation sites excluding steroid dienone is 3. The summed E-state index contributed by atoms with van der Waals surface area (Å²) in [6, 6.07) is 3.98. The number of aromatic nitrogens is 5. The summed E-state index contributed by atoms with van der Waals surface area (Å²) in [4.78, 5) is 33.7. The number of carbonyl (C=O) groups excluding carboxylic acids is 1. The third kappa shape index (κ3) is 3.62. The van der Waals surface area contributed by atoms with Crippen molar-refractivity contribution in [2.75, 3.05) is 11.6 Å². The van der Waals surface area contributed by atoms with Gasteiger partial charge in [-0.3, -0.25) is 14.3 Å². The molecule has 3 aromatic rings. The molecule has 3 heterocycles. The van der Waals surface area contributed by atoms with Crippen molar-refractivity contribution in [1.29, 1.82) is 0 Å². The second kappa shape index (κ2) is 8.37. The predicted octanol–water partition coefficient (Wildman–Crippen LogP) is 3.17. The van der Waals surface area contributed by atoms with Gasteiger partial charge in [-0.05, 0) is 36.2 Å².